The van der Waals surface area contributed by atoms with Crippen LogP contribution in [-0.4, -0.2) is 21.6 Å². The van der Waals surface area contributed by atoms with Gasteiger partial charge in [0, 0.05) is 28.4 Å². The molecule has 0 aliphatic rings. The predicted molar refractivity (Wildman–Crippen MR) is 133 cm³/mol. The van der Waals surface area contributed by atoms with E-state index >= 15 is 0 Å². The molecule has 172 valence electrons. The van der Waals surface area contributed by atoms with Gasteiger partial charge in [0.15, 0.2) is 5.69 Å². The molecule has 8 nitrogen and oxygen atoms in total. The third-order valence-electron chi connectivity index (χ3n) is 5.17. The van der Waals surface area contributed by atoms with E-state index in [2.05, 4.69) is 15.7 Å². The van der Waals surface area contributed by atoms with Crippen molar-refractivity contribution >= 4 is 45.8 Å². The fourth-order valence-corrected chi connectivity index (χ4v) is 3.72. The second kappa shape index (κ2) is 9.28. The fraction of sp³-hybridized carbons (Fsp3) is 0. The number of furan rings is 1. The average Bonchev–Trinajstić information content (AvgIpc) is 3.23. The number of benzene rings is 3. The summed E-state index contributed by atoms with van der Waals surface area (Å²) in [4.78, 5) is 38.7. The highest BCUT2D eigenvalue weighted by Gasteiger charge is 2.24. The van der Waals surface area contributed by atoms with Crippen LogP contribution in [0.2, 0.25) is 5.02 Å². The van der Waals surface area contributed by atoms with Gasteiger partial charge < -0.3 is 15.1 Å². The summed E-state index contributed by atoms with van der Waals surface area (Å²) in [5, 5.41) is 10.6. The number of nitrogens with zero attached hydrogens (tertiary/aromatic N) is 2. The topological polar surface area (TPSA) is 106 Å². The minimum absolute atomic E-state index is 0.102. The molecular formula is C26H17ClN4O4. The molecule has 0 radical (unpaired) electrons. The number of para-hydroxylation sites is 2. The summed E-state index contributed by atoms with van der Waals surface area (Å²) in [5.41, 5.74) is 0.736. The summed E-state index contributed by atoms with van der Waals surface area (Å²) in [6, 6.07) is 23.8. The van der Waals surface area contributed by atoms with E-state index in [1.54, 1.807) is 72.8 Å². The lowest BCUT2D eigenvalue weighted by Crippen LogP contribution is -2.26. The molecule has 35 heavy (non-hydrogen) atoms. The summed E-state index contributed by atoms with van der Waals surface area (Å²) in [6.45, 7) is 0. The van der Waals surface area contributed by atoms with Gasteiger partial charge in [0.1, 0.15) is 11.3 Å². The smallest absolute Gasteiger partial charge is 0.293 e. The molecule has 0 saturated carbocycles. The second-order valence-corrected chi connectivity index (χ2v) is 7.97. The molecule has 2 amide bonds. The van der Waals surface area contributed by atoms with Crippen molar-refractivity contribution in [2.45, 2.75) is 0 Å². The van der Waals surface area contributed by atoms with Gasteiger partial charge in [-0.1, -0.05) is 48.0 Å². The van der Waals surface area contributed by atoms with Crippen LogP contribution in [0.15, 0.2) is 100 Å². The zero-order chi connectivity index (χ0) is 24.4. The zero-order valence-corrected chi connectivity index (χ0v) is 18.8. The second-order valence-electron chi connectivity index (χ2n) is 7.53. The standard InChI is InChI=1S/C26H17ClN4O4/c27-16-7-6-10-18(15-16)31-14-13-20(32)23(30-31)25(33)29-22-19-11-4-5-12-21(19)35-24(22)26(34)28-17-8-2-1-3-9-17/h1-15H,(H,28,34)(H,29,33). The first-order chi connectivity index (χ1) is 17.0. The molecule has 0 bridgehead atoms. The molecular weight excluding hydrogens is 468 g/mol. The van der Waals surface area contributed by atoms with Gasteiger partial charge in [-0.05, 0) is 42.5 Å². The van der Waals surface area contributed by atoms with Crippen molar-refractivity contribution in [3.05, 3.63) is 118 Å². The van der Waals surface area contributed by atoms with E-state index < -0.39 is 17.2 Å². The van der Waals surface area contributed by atoms with Gasteiger partial charge in [-0.2, -0.15) is 5.10 Å². The Kier molecular flexibility index (Phi) is 5.87. The van der Waals surface area contributed by atoms with Gasteiger partial charge >= 0.3 is 0 Å². The molecule has 9 heteroatoms. The summed E-state index contributed by atoms with van der Waals surface area (Å²) < 4.78 is 7.13. The monoisotopic (exact) mass is 484 g/mol. The third-order valence-corrected chi connectivity index (χ3v) is 5.40. The number of hydrogen-bond donors (Lipinski definition) is 2. The van der Waals surface area contributed by atoms with Crippen LogP contribution < -0.4 is 16.1 Å². The van der Waals surface area contributed by atoms with E-state index in [1.807, 2.05) is 6.07 Å². The van der Waals surface area contributed by atoms with E-state index in [-0.39, 0.29) is 17.1 Å². The van der Waals surface area contributed by atoms with Crippen LogP contribution in [0.4, 0.5) is 11.4 Å². The van der Waals surface area contributed by atoms with Crippen molar-refractivity contribution in [3.63, 3.8) is 0 Å². The van der Waals surface area contributed by atoms with Crippen LogP contribution in [0.1, 0.15) is 21.0 Å². The minimum atomic E-state index is -0.785. The first-order valence-corrected chi connectivity index (χ1v) is 10.9. The number of carbonyl (C=O) groups is 2. The number of rotatable bonds is 5. The van der Waals surface area contributed by atoms with Crippen molar-refractivity contribution in [3.8, 4) is 5.69 Å². The summed E-state index contributed by atoms with van der Waals surface area (Å²) in [5.74, 6) is -1.44. The molecule has 5 aromatic rings. The number of anilines is 2. The highest BCUT2D eigenvalue weighted by Crippen LogP contribution is 2.31. The molecule has 0 fully saturated rings. The first kappa shape index (κ1) is 22.1. The van der Waals surface area contributed by atoms with Crippen molar-refractivity contribution in [2.75, 3.05) is 10.6 Å². The summed E-state index contributed by atoms with van der Waals surface area (Å²) in [7, 11) is 0. The predicted octanol–water partition coefficient (Wildman–Crippen LogP) is 5.14. The van der Waals surface area contributed by atoms with Crippen molar-refractivity contribution in [1.82, 2.24) is 9.78 Å². The Labute approximate surface area is 203 Å². The largest absolute Gasteiger partial charge is 0.449 e. The van der Waals surface area contributed by atoms with Crippen molar-refractivity contribution < 1.29 is 14.0 Å². The Bertz CT molecular complexity index is 1630. The van der Waals surface area contributed by atoms with Gasteiger partial charge in [0.05, 0.1) is 5.69 Å². The van der Waals surface area contributed by atoms with Crippen molar-refractivity contribution in [2.24, 2.45) is 0 Å². The summed E-state index contributed by atoms with van der Waals surface area (Å²) >= 11 is 6.05. The van der Waals surface area contributed by atoms with Crippen LogP contribution >= 0.6 is 11.6 Å². The lowest BCUT2D eigenvalue weighted by molar-refractivity contribution is 0.0999. The Morgan fingerprint density at radius 3 is 2.43 bits per heavy atom. The van der Waals surface area contributed by atoms with Gasteiger partial charge in [0.25, 0.3) is 11.8 Å². The van der Waals surface area contributed by atoms with Gasteiger partial charge in [-0.3, -0.25) is 14.4 Å². The molecule has 0 unspecified atom stereocenters. The van der Waals surface area contributed by atoms with E-state index in [1.165, 1.54) is 16.9 Å². The van der Waals surface area contributed by atoms with E-state index in [0.717, 1.165) is 0 Å². The number of carbonyl (C=O) groups excluding carboxylic acids is 2. The Hall–Kier alpha value is -4.69. The summed E-state index contributed by atoms with van der Waals surface area (Å²) in [6.07, 6.45) is 1.44. The van der Waals surface area contributed by atoms with Crippen LogP contribution in [0.5, 0.6) is 0 Å². The quantitative estimate of drug-likeness (QED) is 0.359. The Balaban J connectivity index is 1.51. The van der Waals surface area contributed by atoms with E-state index in [4.69, 9.17) is 16.0 Å². The van der Waals surface area contributed by atoms with Crippen LogP contribution in [0.25, 0.3) is 16.7 Å². The molecule has 5 rings (SSSR count). The number of amides is 2. The van der Waals surface area contributed by atoms with Crippen molar-refractivity contribution in [1.29, 1.82) is 0 Å². The molecule has 2 N–H and O–H groups in total. The van der Waals surface area contributed by atoms with E-state index in [9.17, 15) is 14.4 Å². The maximum Gasteiger partial charge on any atom is 0.293 e. The lowest BCUT2D eigenvalue weighted by Gasteiger charge is -2.09. The fourth-order valence-electron chi connectivity index (χ4n) is 3.54. The SMILES string of the molecule is O=C(Nc1ccccc1)c1oc2ccccc2c1NC(=O)c1nn(-c2cccc(Cl)c2)ccc1=O. The van der Waals surface area contributed by atoms with E-state index in [0.29, 0.717) is 27.4 Å². The molecule has 0 spiro atoms. The number of hydrogen-bond acceptors (Lipinski definition) is 5. The maximum absolute atomic E-state index is 13.2. The Morgan fingerprint density at radius 2 is 1.63 bits per heavy atom. The number of halogens is 1. The first-order valence-electron chi connectivity index (χ1n) is 10.5. The van der Waals surface area contributed by atoms with Crippen LogP contribution in [0, 0.1) is 0 Å². The molecule has 0 aliphatic heterocycles. The van der Waals surface area contributed by atoms with Gasteiger partial charge in [-0.25, -0.2) is 4.68 Å². The van der Waals surface area contributed by atoms with Gasteiger partial charge in [-0.15, -0.1) is 0 Å². The van der Waals surface area contributed by atoms with Gasteiger partial charge in [0.2, 0.25) is 11.2 Å². The molecule has 0 aliphatic carbocycles. The molecule has 2 heterocycles. The molecule has 3 aromatic carbocycles. The number of aromatic nitrogens is 2. The molecule has 0 atom stereocenters. The highest BCUT2D eigenvalue weighted by molar-refractivity contribution is 6.30. The molecule has 2 aromatic heterocycles. The number of nitrogens with one attached hydrogen (secondary N) is 2. The minimum Gasteiger partial charge on any atom is -0.449 e. The zero-order valence-electron chi connectivity index (χ0n) is 18.1. The Morgan fingerprint density at radius 1 is 0.857 bits per heavy atom. The molecule has 0 saturated heterocycles. The lowest BCUT2D eigenvalue weighted by atomic mass is 10.2. The normalized spacial score (nSPS) is 10.8. The van der Waals surface area contributed by atoms with Crippen LogP contribution in [-0.2, 0) is 0 Å². The average molecular weight is 485 g/mol. The highest BCUT2D eigenvalue weighted by atomic mass is 35.5. The van der Waals surface area contributed by atoms with Crippen LogP contribution in [0.3, 0.4) is 0 Å². The number of fused-ring (bicyclic) bond motifs is 1. The maximum atomic E-state index is 13.2. The third kappa shape index (κ3) is 4.55.